The number of piperazine rings is 1. The largest absolute Gasteiger partial charge is 0.338 e. The molecular weight excluding hydrogens is 367 g/mol. The number of benzene rings is 1. The molecule has 0 atom stereocenters. The van der Waals surface area contributed by atoms with Crippen molar-refractivity contribution in [1.29, 1.82) is 0 Å². The van der Waals surface area contributed by atoms with Crippen LogP contribution in [0.3, 0.4) is 0 Å². The second-order valence-corrected chi connectivity index (χ2v) is 6.35. The first-order valence-corrected chi connectivity index (χ1v) is 8.69. The number of aromatic nitrogens is 6. The van der Waals surface area contributed by atoms with Crippen LogP contribution in [-0.4, -0.2) is 78.2 Å². The van der Waals surface area contributed by atoms with Crippen LogP contribution in [0.2, 0.25) is 0 Å². The molecular formula is C17H17FN8O2. The summed E-state index contributed by atoms with van der Waals surface area (Å²) in [5.74, 6) is -0.615. The lowest BCUT2D eigenvalue weighted by Crippen LogP contribution is -2.51. The minimum absolute atomic E-state index is 0.0719. The standard InChI is InChI=1S/C17H17FN8O2/c18-13-3-1-12(2-4-13)14-9-15(21-20-14)17(28)25-7-5-24(6-8-25)16(27)10-26-11-19-22-23-26/h1-4,9,11H,5-8,10H2,(H,20,21). The molecule has 1 aliphatic rings. The Morgan fingerprint density at radius 2 is 1.79 bits per heavy atom. The van der Waals surface area contributed by atoms with Crippen LogP contribution in [0.4, 0.5) is 4.39 Å². The van der Waals surface area contributed by atoms with Gasteiger partial charge in [0.1, 0.15) is 24.4 Å². The summed E-state index contributed by atoms with van der Waals surface area (Å²) in [4.78, 5) is 28.3. The van der Waals surface area contributed by atoms with E-state index in [1.807, 2.05) is 0 Å². The number of hydrogen-bond acceptors (Lipinski definition) is 6. The summed E-state index contributed by atoms with van der Waals surface area (Å²) >= 11 is 0. The monoisotopic (exact) mass is 384 g/mol. The maximum Gasteiger partial charge on any atom is 0.272 e. The van der Waals surface area contributed by atoms with Crippen LogP contribution in [0.25, 0.3) is 11.3 Å². The highest BCUT2D eigenvalue weighted by Gasteiger charge is 2.26. The molecule has 10 nitrogen and oxygen atoms in total. The lowest BCUT2D eigenvalue weighted by molar-refractivity contribution is -0.133. The van der Waals surface area contributed by atoms with Crippen LogP contribution in [0.15, 0.2) is 36.7 Å². The fourth-order valence-corrected chi connectivity index (χ4v) is 3.02. The van der Waals surface area contributed by atoms with Crippen molar-refractivity contribution < 1.29 is 14.0 Å². The zero-order valence-electron chi connectivity index (χ0n) is 14.8. The van der Waals surface area contributed by atoms with Crippen molar-refractivity contribution in [3.8, 4) is 11.3 Å². The normalized spacial score (nSPS) is 14.3. The van der Waals surface area contributed by atoms with Crippen LogP contribution >= 0.6 is 0 Å². The van der Waals surface area contributed by atoms with Crippen LogP contribution in [-0.2, 0) is 11.3 Å². The van der Waals surface area contributed by atoms with Crippen molar-refractivity contribution in [1.82, 2.24) is 40.2 Å². The number of tetrazole rings is 1. The Morgan fingerprint density at radius 3 is 2.46 bits per heavy atom. The predicted molar refractivity (Wildman–Crippen MR) is 94.3 cm³/mol. The van der Waals surface area contributed by atoms with Crippen molar-refractivity contribution in [2.45, 2.75) is 6.54 Å². The molecule has 2 amide bonds. The third-order valence-corrected chi connectivity index (χ3v) is 4.56. The summed E-state index contributed by atoms with van der Waals surface area (Å²) < 4.78 is 14.4. The van der Waals surface area contributed by atoms with Gasteiger partial charge in [-0.3, -0.25) is 14.7 Å². The van der Waals surface area contributed by atoms with Gasteiger partial charge in [-0.15, -0.1) is 5.10 Å². The molecule has 1 aliphatic heterocycles. The number of halogens is 1. The zero-order chi connectivity index (χ0) is 19.5. The number of rotatable bonds is 4. The van der Waals surface area contributed by atoms with E-state index < -0.39 is 0 Å². The van der Waals surface area contributed by atoms with Gasteiger partial charge in [0.05, 0.1) is 5.69 Å². The molecule has 1 N–H and O–H groups in total. The van der Waals surface area contributed by atoms with Gasteiger partial charge in [-0.05, 0) is 40.8 Å². The van der Waals surface area contributed by atoms with E-state index in [1.165, 1.54) is 23.1 Å². The number of aromatic amines is 1. The van der Waals surface area contributed by atoms with E-state index in [4.69, 9.17) is 0 Å². The highest BCUT2D eigenvalue weighted by Crippen LogP contribution is 2.19. The molecule has 4 rings (SSSR count). The Hall–Kier alpha value is -3.63. The topological polar surface area (TPSA) is 113 Å². The summed E-state index contributed by atoms with van der Waals surface area (Å²) in [7, 11) is 0. The SMILES string of the molecule is O=C(Cn1cnnn1)N1CCN(C(=O)c2cc(-c3ccc(F)cc3)n[nH]2)CC1. The highest BCUT2D eigenvalue weighted by atomic mass is 19.1. The molecule has 0 spiro atoms. The fraction of sp³-hybridized carbons (Fsp3) is 0.294. The number of nitrogens with one attached hydrogen (secondary N) is 1. The van der Waals surface area contributed by atoms with Crippen LogP contribution in [0.5, 0.6) is 0 Å². The fourth-order valence-electron chi connectivity index (χ4n) is 3.02. The quantitative estimate of drug-likeness (QED) is 0.687. The Labute approximate surface area is 158 Å². The van der Waals surface area contributed by atoms with Gasteiger partial charge in [-0.1, -0.05) is 0 Å². The Morgan fingerprint density at radius 1 is 1.07 bits per heavy atom. The molecule has 11 heteroatoms. The van der Waals surface area contributed by atoms with Crippen molar-refractivity contribution in [2.24, 2.45) is 0 Å². The molecule has 3 aromatic rings. The Balaban J connectivity index is 1.35. The van der Waals surface area contributed by atoms with Gasteiger partial charge in [-0.2, -0.15) is 5.10 Å². The average molecular weight is 384 g/mol. The first kappa shape index (κ1) is 17.8. The maximum atomic E-state index is 13.0. The Kier molecular flexibility index (Phi) is 4.79. The van der Waals surface area contributed by atoms with E-state index in [0.717, 1.165) is 5.56 Å². The molecule has 1 aromatic carbocycles. The minimum Gasteiger partial charge on any atom is -0.338 e. The minimum atomic E-state index is -0.330. The van der Waals surface area contributed by atoms with E-state index >= 15 is 0 Å². The molecule has 1 fully saturated rings. The van der Waals surface area contributed by atoms with Gasteiger partial charge in [0.25, 0.3) is 5.91 Å². The maximum absolute atomic E-state index is 13.0. The summed E-state index contributed by atoms with van der Waals surface area (Å²) in [5.41, 5.74) is 1.64. The van der Waals surface area contributed by atoms with Crippen LogP contribution in [0.1, 0.15) is 10.5 Å². The number of H-pyrrole nitrogens is 1. The number of hydrogen-bond donors (Lipinski definition) is 1. The molecule has 0 bridgehead atoms. The van der Waals surface area contributed by atoms with Gasteiger partial charge in [0, 0.05) is 31.7 Å². The average Bonchev–Trinajstić information content (AvgIpc) is 3.40. The second kappa shape index (κ2) is 7.55. The highest BCUT2D eigenvalue weighted by molar-refractivity contribution is 5.93. The zero-order valence-corrected chi connectivity index (χ0v) is 14.8. The first-order chi connectivity index (χ1) is 13.6. The van der Waals surface area contributed by atoms with Gasteiger partial charge in [0.15, 0.2) is 0 Å². The van der Waals surface area contributed by atoms with E-state index in [0.29, 0.717) is 37.6 Å². The number of carbonyl (C=O) groups excluding carboxylic acids is 2. The van der Waals surface area contributed by atoms with E-state index in [-0.39, 0.29) is 24.2 Å². The van der Waals surface area contributed by atoms with Crippen molar-refractivity contribution >= 4 is 11.8 Å². The predicted octanol–water partition coefficient (Wildman–Crippen LogP) is 0.187. The number of amides is 2. The van der Waals surface area contributed by atoms with Gasteiger partial charge in [-0.25, -0.2) is 9.07 Å². The number of carbonyl (C=O) groups is 2. The van der Waals surface area contributed by atoms with Gasteiger partial charge in [0.2, 0.25) is 5.91 Å². The molecule has 0 aliphatic carbocycles. The molecule has 2 aromatic heterocycles. The molecule has 28 heavy (non-hydrogen) atoms. The van der Waals surface area contributed by atoms with Crippen LogP contribution in [0, 0.1) is 5.82 Å². The summed E-state index contributed by atoms with van der Waals surface area (Å²) in [6.45, 7) is 1.79. The van der Waals surface area contributed by atoms with Gasteiger partial charge < -0.3 is 9.80 Å². The molecule has 0 unspecified atom stereocenters. The lowest BCUT2D eigenvalue weighted by atomic mass is 10.1. The number of nitrogens with zero attached hydrogens (tertiary/aromatic N) is 7. The second-order valence-electron chi connectivity index (χ2n) is 6.35. The van der Waals surface area contributed by atoms with E-state index in [1.54, 1.807) is 28.0 Å². The summed E-state index contributed by atoms with van der Waals surface area (Å²) in [5, 5.41) is 17.5. The van der Waals surface area contributed by atoms with Crippen LogP contribution < -0.4 is 0 Å². The molecule has 1 saturated heterocycles. The Bertz CT molecular complexity index is 961. The molecule has 0 saturated carbocycles. The molecule has 0 radical (unpaired) electrons. The lowest BCUT2D eigenvalue weighted by Gasteiger charge is -2.34. The third kappa shape index (κ3) is 3.72. The van der Waals surface area contributed by atoms with Crippen molar-refractivity contribution in [3.05, 3.63) is 48.2 Å². The molecule has 144 valence electrons. The van der Waals surface area contributed by atoms with E-state index in [9.17, 15) is 14.0 Å². The first-order valence-electron chi connectivity index (χ1n) is 8.69. The third-order valence-electron chi connectivity index (χ3n) is 4.56. The summed E-state index contributed by atoms with van der Waals surface area (Å²) in [6.07, 6.45) is 1.38. The van der Waals surface area contributed by atoms with Crippen molar-refractivity contribution in [3.63, 3.8) is 0 Å². The van der Waals surface area contributed by atoms with E-state index in [2.05, 4.69) is 25.7 Å². The van der Waals surface area contributed by atoms with Crippen molar-refractivity contribution in [2.75, 3.05) is 26.2 Å². The summed E-state index contributed by atoms with van der Waals surface area (Å²) in [6, 6.07) is 7.54. The molecule has 3 heterocycles. The smallest absolute Gasteiger partial charge is 0.272 e. The van der Waals surface area contributed by atoms with Gasteiger partial charge >= 0.3 is 0 Å².